The number of carbonyl (C=O) groups is 2. The molecule has 18 heavy (non-hydrogen) atoms. The number of rotatable bonds is 3. The standard InChI is InChI=1S/C13H18O5/c1-17-10(15)12-5-3-4-6-13(12,11(16)18-2)9(7-12)8-14/h7,14H,3-6,8H2,1-2H3/t12-,13+/m0/s1. The monoisotopic (exact) mass is 254 g/mol. The van der Waals surface area contributed by atoms with E-state index in [2.05, 4.69) is 0 Å². The highest BCUT2D eigenvalue weighted by atomic mass is 16.5. The molecule has 0 aromatic carbocycles. The number of carbonyl (C=O) groups excluding carboxylic acids is 2. The van der Waals surface area contributed by atoms with Crippen molar-refractivity contribution < 1.29 is 24.2 Å². The van der Waals surface area contributed by atoms with Gasteiger partial charge in [-0.3, -0.25) is 9.59 Å². The summed E-state index contributed by atoms with van der Waals surface area (Å²) in [6.07, 6.45) is 4.49. The van der Waals surface area contributed by atoms with Gasteiger partial charge in [-0.15, -0.1) is 0 Å². The van der Waals surface area contributed by atoms with E-state index in [-0.39, 0.29) is 6.61 Å². The third-order valence-corrected chi connectivity index (χ3v) is 4.36. The molecule has 0 spiro atoms. The van der Waals surface area contributed by atoms with E-state index in [4.69, 9.17) is 9.47 Å². The first-order valence-corrected chi connectivity index (χ1v) is 6.09. The minimum absolute atomic E-state index is 0.228. The SMILES string of the molecule is COC(=O)[C@]12CCCC[C@@]1(C(=O)OC)C=C2CO. The molecule has 0 saturated heterocycles. The maximum Gasteiger partial charge on any atom is 0.317 e. The Labute approximate surface area is 106 Å². The summed E-state index contributed by atoms with van der Waals surface area (Å²) in [7, 11) is 2.62. The summed E-state index contributed by atoms with van der Waals surface area (Å²) in [5.41, 5.74) is -1.37. The predicted molar refractivity (Wildman–Crippen MR) is 62.5 cm³/mol. The van der Waals surface area contributed by atoms with Gasteiger partial charge in [0.2, 0.25) is 0 Å². The van der Waals surface area contributed by atoms with E-state index in [0.717, 1.165) is 12.8 Å². The molecular formula is C13H18O5. The van der Waals surface area contributed by atoms with Crippen molar-refractivity contribution in [1.29, 1.82) is 0 Å². The molecule has 2 rings (SSSR count). The van der Waals surface area contributed by atoms with Gasteiger partial charge in [-0.2, -0.15) is 0 Å². The van der Waals surface area contributed by atoms with Crippen LogP contribution < -0.4 is 0 Å². The second-order valence-corrected chi connectivity index (χ2v) is 4.89. The average Bonchev–Trinajstić information content (AvgIpc) is 2.39. The van der Waals surface area contributed by atoms with Crippen LogP contribution in [0.3, 0.4) is 0 Å². The first kappa shape index (κ1) is 13.1. The van der Waals surface area contributed by atoms with Crippen molar-refractivity contribution in [2.45, 2.75) is 25.7 Å². The number of fused-ring (bicyclic) bond motifs is 1. The van der Waals surface area contributed by atoms with E-state index >= 15 is 0 Å². The molecule has 1 saturated carbocycles. The smallest absolute Gasteiger partial charge is 0.317 e. The fourth-order valence-corrected chi connectivity index (χ4v) is 3.50. The third-order valence-electron chi connectivity index (χ3n) is 4.36. The molecule has 0 radical (unpaired) electrons. The van der Waals surface area contributed by atoms with E-state index in [1.807, 2.05) is 0 Å². The lowest BCUT2D eigenvalue weighted by atomic mass is 9.45. The molecule has 5 nitrogen and oxygen atoms in total. The van der Waals surface area contributed by atoms with Crippen LogP contribution in [0, 0.1) is 10.8 Å². The van der Waals surface area contributed by atoms with Gasteiger partial charge in [0.25, 0.3) is 0 Å². The fraction of sp³-hybridized carbons (Fsp3) is 0.692. The Hall–Kier alpha value is -1.36. The molecule has 0 bridgehead atoms. The van der Waals surface area contributed by atoms with Crippen LogP contribution in [0.25, 0.3) is 0 Å². The van der Waals surface area contributed by atoms with E-state index in [9.17, 15) is 14.7 Å². The molecular weight excluding hydrogens is 236 g/mol. The van der Waals surface area contributed by atoms with Crippen molar-refractivity contribution in [2.75, 3.05) is 20.8 Å². The zero-order chi connectivity index (χ0) is 13.4. The van der Waals surface area contributed by atoms with Crippen molar-refractivity contribution in [2.24, 2.45) is 10.8 Å². The Bertz CT molecular complexity index is 414. The molecule has 2 atom stereocenters. The first-order valence-electron chi connectivity index (χ1n) is 6.09. The second kappa shape index (κ2) is 4.39. The van der Waals surface area contributed by atoms with E-state index in [1.54, 1.807) is 6.08 Å². The van der Waals surface area contributed by atoms with Crippen molar-refractivity contribution in [1.82, 2.24) is 0 Å². The zero-order valence-electron chi connectivity index (χ0n) is 10.7. The lowest BCUT2D eigenvalue weighted by Gasteiger charge is -2.55. The Morgan fingerprint density at radius 1 is 1.22 bits per heavy atom. The average molecular weight is 254 g/mol. The topological polar surface area (TPSA) is 72.8 Å². The van der Waals surface area contributed by atoms with Crippen LogP contribution in [-0.2, 0) is 19.1 Å². The number of aliphatic hydroxyl groups is 1. The van der Waals surface area contributed by atoms with Gasteiger partial charge < -0.3 is 14.6 Å². The van der Waals surface area contributed by atoms with Crippen molar-refractivity contribution in [3.05, 3.63) is 11.6 Å². The van der Waals surface area contributed by atoms with Gasteiger partial charge in [0.15, 0.2) is 0 Å². The number of hydrogen-bond acceptors (Lipinski definition) is 5. The molecule has 0 unspecified atom stereocenters. The summed E-state index contributed by atoms with van der Waals surface area (Å²) in [6, 6.07) is 0. The Balaban J connectivity index is 2.52. The van der Waals surface area contributed by atoms with Gasteiger partial charge in [-0.25, -0.2) is 0 Å². The van der Waals surface area contributed by atoms with Crippen LogP contribution in [0.5, 0.6) is 0 Å². The molecule has 0 aliphatic heterocycles. The molecule has 1 fully saturated rings. The number of hydrogen-bond donors (Lipinski definition) is 1. The van der Waals surface area contributed by atoms with Crippen molar-refractivity contribution in [3.8, 4) is 0 Å². The van der Waals surface area contributed by atoms with Crippen LogP contribution in [0.1, 0.15) is 25.7 Å². The minimum Gasteiger partial charge on any atom is -0.468 e. The molecule has 100 valence electrons. The second-order valence-electron chi connectivity index (χ2n) is 4.89. The third kappa shape index (κ3) is 1.31. The highest BCUT2D eigenvalue weighted by molar-refractivity contribution is 5.96. The summed E-state index contributed by atoms with van der Waals surface area (Å²) in [6.45, 7) is -0.228. The van der Waals surface area contributed by atoms with Gasteiger partial charge >= 0.3 is 11.9 Å². The molecule has 0 amide bonds. The van der Waals surface area contributed by atoms with Gasteiger partial charge in [0.1, 0.15) is 10.8 Å². The molecule has 2 aliphatic carbocycles. The molecule has 0 aromatic heterocycles. The van der Waals surface area contributed by atoms with Gasteiger partial charge in [-0.1, -0.05) is 18.9 Å². The summed E-state index contributed by atoms with van der Waals surface area (Å²) >= 11 is 0. The quantitative estimate of drug-likeness (QED) is 0.596. The molecule has 0 aromatic rings. The van der Waals surface area contributed by atoms with Crippen molar-refractivity contribution >= 4 is 11.9 Å². The summed E-state index contributed by atoms with van der Waals surface area (Å²) < 4.78 is 9.72. The predicted octanol–water partition coefficient (Wildman–Crippen LogP) is 0.811. The number of aliphatic hydroxyl groups excluding tert-OH is 1. The lowest BCUT2D eigenvalue weighted by Crippen LogP contribution is -2.61. The summed E-state index contributed by atoms with van der Waals surface area (Å²) in [4.78, 5) is 24.2. The number of esters is 2. The number of methoxy groups -OCH3 is 2. The Morgan fingerprint density at radius 3 is 2.39 bits per heavy atom. The summed E-state index contributed by atoms with van der Waals surface area (Å²) in [5, 5.41) is 9.38. The van der Waals surface area contributed by atoms with E-state index < -0.39 is 22.8 Å². The van der Waals surface area contributed by atoms with Gasteiger partial charge in [0, 0.05) is 0 Å². The van der Waals surface area contributed by atoms with Crippen LogP contribution in [0.2, 0.25) is 0 Å². The zero-order valence-corrected chi connectivity index (χ0v) is 10.7. The normalized spacial score (nSPS) is 33.8. The van der Waals surface area contributed by atoms with Gasteiger partial charge in [-0.05, 0) is 18.4 Å². The maximum absolute atomic E-state index is 12.2. The summed E-state index contributed by atoms with van der Waals surface area (Å²) in [5.74, 6) is -0.857. The minimum atomic E-state index is -1.01. The van der Waals surface area contributed by atoms with Crippen molar-refractivity contribution in [3.63, 3.8) is 0 Å². The van der Waals surface area contributed by atoms with E-state index in [0.29, 0.717) is 18.4 Å². The molecule has 2 aliphatic rings. The largest absolute Gasteiger partial charge is 0.468 e. The highest BCUT2D eigenvalue weighted by Gasteiger charge is 2.69. The van der Waals surface area contributed by atoms with Crippen LogP contribution in [0.15, 0.2) is 11.6 Å². The fourth-order valence-electron chi connectivity index (χ4n) is 3.50. The van der Waals surface area contributed by atoms with Gasteiger partial charge in [0.05, 0.1) is 20.8 Å². The lowest BCUT2D eigenvalue weighted by molar-refractivity contribution is -0.179. The maximum atomic E-state index is 12.2. The van der Waals surface area contributed by atoms with Crippen LogP contribution in [0.4, 0.5) is 0 Å². The molecule has 0 heterocycles. The molecule has 5 heteroatoms. The van der Waals surface area contributed by atoms with Crippen LogP contribution in [-0.4, -0.2) is 37.9 Å². The van der Waals surface area contributed by atoms with Crippen LogP contribution >= 0.6 is 0 Å². The first-order chi connectivity index (χ1) is 8.59. The Kier molecular flexibility index (Phi) is 3.19. The number of ether oxygens (including phenoxy) is 2. The van der Waals surface area contributed by atoms with E-state index in [1.165, 1.54) is 14.2 Å². The molecule has 1 N–H and O–H groups in total. The highest BCUT2D eigenvalue weighted by Crippen LogP contribution is 2.64. The Morgan fingerprint density at radius 2 is 1.83 bits per heavy atom.